The van der Waals surface area contributed by atoms with Gasteiger partial charge in [0.15, 0.2) is 0 Å². The molecule has 2 unspecified atom stereocenters. The van der Waals surface area contributed by atoms with E-state index in [0.717, 1.165) is 31.7 Å². The molecule has 188 valence electrons. The molecule has 1 aliphatic carbocycles. The normalized spacial score (nSPS) is 26.9. The lowest BCUT2D eigenvalue weighted by molar-refractivity contribution is 0.0960. The molecular formula is C25H35N7O3. The van der Waals surface area contributed by atoms with Gasteiger partial charge >= 0.3 is 11.7 Å². The smallest absolute Gasteiger partial charge is 0.354 e. The van der Waals surface area contributed by atoms with Crippen molar-refractivity contribution in [3.05, 3.63) is 52.6 Å². The van der Waals surface area contributed by atoms with E-state index in [1.807, 2.05) is 24.3 Å². The molecule has 3 aliphatic rings. The summed E-state index contributed by atoms with van der Waals surface area (Å²) in [4.78, 5) is 33.2. The van der Waals surface area contributed by atoms with Gasteiger partial charge in [0, 0.05) is 51.0 Å². The van der Waals surface area contributed by atoms with Crippen LogP contribution >= 0.6 is 0 Å². The zero-order valence-corrected chi connectivity index (χ0v) is 20.1. The lowest BCUT2D eigenvalue weighted by Gasteiger charge is -2.33. The van der Waals surface area contributed by atoms with Crippen LogP contribution in [0.2, 0.25) is 0 Å². The number of urea groups is 1. The first-order chi connectivity index (χ1) is 17.0. The average Bonchev–Trinajstić information content (AvgIpc) is 3.43. The molecule has 1 saturated carbocycles. The van der Waals surface area contributed by atoms with Crippen LogP contribution in [0.4, 0.5) is 10.6 Å². The van der Waals surface area contributed by atoms with E-state index in [-0.39, 0.29) is 24.5 Å². The van der Waals surface area contributed by atoms with Crippen LogP contribution in [0.15, 0.2) is 41.3 Å². The van der Waals surface area contributed by atoms with E-state index in [0.29, 0.717) is 43.4 Å². The molecule has 2 aromatic rings. The summed E-state index contributed by atoms with van der Waals surface area (Å²) in [6, 6.07) is 9.81. The predicted molar refractivity (Wildman–Crippen MR) is 134 cm³/mol. The number of piperidine rings is 1. The van der Waals surface area contributed by atoms with Crippen LogP contribution in [-0.2, 0) is 6.42 Å². The van der Waals surface area contributed by atoms with Crippen molar-refractivity contribution < 1.29 is 9.90 Å². The second kappa shape index (κ2) is 10.1. The summed E-state index contributed by atoms with van der Waals surface area (Å²) in [6.45, 7) is 6.88. The van der Waals surface area contributed by atoms with E-state index in [1.165, 1.54) is 10.1 Å². The number of aliphatic hydroxyl groups is 1. The van der Waals surface area contributed by atoms with Gasteiger partial charge in [-0.2, -0.15) is 4.98 Å². The molecule has 5 N–H and O–H groups in total. The number of carbonyl (C=O) groups excluding carboxylic acids is 1. The van der Waals surface area contributed by atoms with Crippen molar-refractivity contribution in [2.75, 3.05) is 51.2 Å². The van der Waals surface area contributed by atoms with E-state index in [9.17, 15) is 14.7 Å². The Bertz CT molecular complexity index is 1100. The molecule has 0 radical (unpaired) electrons. The fourth-order valence-corrected chi connectivity index (χ4v) is 5.94. The van der Waals surface area contributed by atoms with Crippen molar-refractivity contribution in [1.82, 2.24) is 24.7 Å². The summed E-state index contributed by atoms with van der Waals surface area (Å²) in [5, 5.41) is 15.9. The molecule has 10 nitrogen and oxygen atoms in total. The second-order valence-electron chi connectivity index (χ2n) is 9.94. The zero-order valence-electron chi connectivity index (χ0n) is 20.1. The molecule has 10 heteroatoms. The monoisotopic (exact) mass is 481 g/mol. The second-order valence-corrected chi connectivity index (χ2v) is 9.94. The van der Waals surface area contributed by atoms with Gasteiger partial charge in [-0.05, 0) is 61.4 Å². The highest BCUT2D eigenvalue weighted by molar-refractivity contribution is 5.88. The third-order valence-corrected chi connectivity index (χ3v) is 7.90. The molecule has 3 fully saturated rings. The zero-order chi connectivity index (χ0) is 24.5. The summed E-state index contributed by atoms with van der Waals surface area (Å²) < 4.78 is 1.47. The number of nitrogens with two attached hydrogens (primary N) is 1. The molecule has 2 amide bonds. The highest BCUT2D eigenvalue weighted by Crippen LogP contribution is 2.55. The maximum Gasteiger partial charge on any atom is 0.354 e. The quantitative estimate of drug-likeness (QED) is 0.441. The number of hydrogen-bond acceptors (Lipinski definition) is 7. The van der Waals surface area contributed by atoms with Crippen molar-refractivity contribution in [3.63, 3.8) is 0 Å². The number of amides is 2. The minimum atomic E-state index is -0.444. The van der Waals surface area contributed by atoms with Crippen LogP contribution in [0, 0.1) is 17.8 Å². The first-order valence-electron chi connectivity index (χ1n) is 12.5. The van der Waals surface area contributed by atoms with Gasteiger partial charge in [0.25, 0.3) is 0 Å². The number of piperazine rings is 1. The largest absolute Gasteiger partial charge is 0.395 e. The van der Waals surface area contributed by atoms with E-state index < -0.39 is 5.69 Å². The Morgan fingerprint density at radius 1 is 1.26 bits per heavy atom. The first kappa shape index (κ1) is 23.9. The summed E-state index contributed by atoms with van der Waals surface area (Å²) in [5.74, 6) is 1.99. The molecule has 2 saturated heterocycles. The van der Waals surface area contributed by atoms with Gasteiger partial charge in [-0.3, -0.25) is 14.8 Å². The van der Waals surface area contributed by atoms with E-state index in [2.05, 4.69) is 27.4 Å². The SMILES string of the molecule is CC(Cc1ccc(-n2ccc(NC(=O)N3CCNCC3)nc2=O)cc1)N1C[C@@H]2[C@@H](CN)[C@@H]2C1CO. The number of benzene rings is 1. The van der Waals surface area contributed by atoms with Gasteiger partial charge < -0.3 is 21.1 Å². The van der Waals surface area contributed by atoms with Gasteiger partial charge in [0.05, 0.1) is 12.3 Å². The lowest BCUT2D eigenvalue weighted by Crippen LogP contribution is -2.48. The van der Waals surface area contributed by atoms with Crippen LogP contribution in [0.25, 0.3) is 5.69 Å². The third kappa shape index (κ3) is 4.84. The van der Waals surface area contributed by atoms with Crippen LogP contribution in [0.5, 0.6) is 0 Å². The van der Waals surface area contributed by atoms with Gasteiger partial charge in [-0.1, -0.05) is 12.1 Å². The number of rotatable bonds is 7. The van der Waals surface area contributed by atoms with Crippen molar-refractivity contribution in [2.24, 2.45) is 23.5 Å². The number of aliphatic hydroxyl groups excluding tert-OH is 1. The van der Waals surface area contributed by atoms with Crippen LogP contribution in [0.3, 0.4) is 0 Å². The molecule has 1 aromatic carbocycles. The standard InChI is InChI=1S/C25H35N7O3/c1-16(32-14-20-19(13-26)23(20)21(32)15-33)12-17-2-4-18(5-3-17)31-9-6-22(29-25(31)35)28-24(34)30-10-7-27-8-11-30/h2-6,9,16,19-21,23,27,33H,7-8,10-15,26H2,1H3,(H,28,29,34,35)/t16?,19-,20-,21?,23+/m1/s1. The Morgan fingerprint density at radius 2 is 2.00 bits per heavy atom. The highest BCUT2D eigenvalue weighted by Gasteiger charge is 2.60. The third-order valence-electron chi connectivity index (χ3n) is 7.90. The molecular weight excluding hydrogens is 446 g/mol. The van der Waals surface area contributed by atoms with E-state index in [1.54, 1.807) is 17.2 Å². The van der Waals surface area contributed by atoms with Gasteiger partial charge in [-0.15, -0.1) is 0 Å². The molecule has 5 rings (SSSR count). The Balaban J connectivity index is 1.20. The van der Waals surface area contributed by atoms with Crippen molar-refractivity contribution in [3.8, 4) is 5.69 Å². The maximum atomic E-state index is 12.6. The lowest BCUT2D eigenvalue weighted by atomic mass is 10.0. The molecule has 2 aliphatic heterocycles. The Kier molecular flexibility index (Phi) is 6.88. The molecule has 5 atom stereocenters. The number of likely N-dealkylation sites (tertiary alicyclic amines) is 1. The number of fused-ring (bicyclic) bond motifs is 1. The number of anilines is 1. The number of nitrogens with zero attached hydrogens (tertiary/aromatic N) is 4. The summed E-state index contributed by atoms with van der Waals surface area (Å²) in [5.41, 5.74) is 7.32. The van der Waals surface area contributed by atoms with Gasteiger partial charge in [0.2, 0.25) is 0 Å². The number of aromatic nitrogens is 2. The van der Waals surface area contributed by atoms with Gasteiger partial charge in [0.1, 0.15) is 5.82 Å². The molecule has 1 aromatic heterocycles. The predicted octanol–water partition coefficient (Wildman–Crippen LogP) is 0.0980. The van der Waals surface area contributed by atoms with Crippen molar-refractivity contribution in [1.29, 1.82) is 0 Å². The molecule has 3 heterocycles. The van der Waals surface area contributed by atoms with Crippen molar-refractivity contribution >= 4 is 11.8 Å². The Labute approximate surface area is 205 Å². The number of nitrogens with one attached hydrogen (secondary N) is 2. The Morgan fingerprint density at radius 3 is 2.66 bits per heavy atom. The number of hydrogen-bond donors (Lipinski definition) is 4. The van der Waals surface area contributed by atoms with Crippen LogP contribution < -0.4 is 22.1 Å². The van der Waals surface area contributed by atoms with Gasteiger partial charge in [-0.25, -0.2) is 9.59 Å². The summed E-state index contributed by atoms with van der Waals surface area (Å²) in [7, 11) is 0. The minimum Gasteiger partial charge on any atom is -0.395 e. The fraction of sp³-hybridized carbons (Fsp3) is 0.560. The van der Waals surface area contributed by atoms with Crippen molar-refractivity contribution in [2.45, 2.75) is 25.4 Å². The minimum absolute atomic E-state index is 0.183. The first-order valence-corrected chi connectivity index (χ1v) is 12.5. The topological polar surface area (TPSA) is 129 Å². The van der Waals surface area contributed by atoms with Crippen LogP contribution in [-0.4, -0.2) is 88.4 Å². The fourth-order valence-electron chi connectivity index (χ4n) is 5.94. The highest BCUT2D eigenvalue weighted by atomic mass is 16.3. The van der Waals surface area contributed by atoms with E-state index >= 15 is 0 Å². The van der Waals surface area contributed by atoms with E-state index in [4.69, 9.17) is 5.73 Å². The summed E-state index contributed by atoms with van der Waals surface area (Å²) >= 11 is 0. The van der Waals surface area contributed by atoms with Crippen LogP contribution in [0.1, 0.15) is 12.5 Å². The Hall–Kier alpha value is -2.79. The average molecular weight is 482 g/mol. The molecule has 35 heavy (non-hydrogen) atoms. The number of carbonyl (C=O) groups is 1. The maximum absolute atomic E-state index is 12.6. The molecule has 0 spiro atoms. The molecule has 0 bridgehead atoms. The summed E-state index contributed by atoms with van der Waals surface area (Å²) in [6.07, 6.45) is 2.50.